The maximum absolute atomic E-state index is 4.47. The molecule has 2 heterocycles. The molecule has 0 unspecified atom stereocenters. The Bertz CT molecular complexity index is 287. The second kappa shape index (κ2) is 4.30. The minimum Gasteiger partial charge on any atom is -0.362 e. The molecule has 0 aromatic carbocycles. The Morgan fingerprint density at radius 1 is 1.29 bits per heavy atom. The van der Waals surface area contributed by atoms with Crippen LogP contribution in [-0.2, 0) is 0 Å². The van der Waals surface area contributed by atoms with E-state index >= 15 is 0 Å². The van der Waals surface area contributed by atoms with E-state index in [1.807, 2.05) is 17.5 Å². The van der Waals surface area contributed by atoms with Crippen LogP contribution in [0.4, 0.5) is 5.00 Å². The third-order valence-electron chi connectivity index (χ3n) is 2.67. The molecule has 1 aliphatic heterocycles. The van der Waals surface area contributed by atoms with Gasteiger partial charge in [0.25, 0.3) is 0 Å². The van der Waals surface area contributed by atoms with E-state index in [0.29, 0.717) is 5.92 Å². The topological polar surface area (TPSA) is 16.1 Å². The lowest BCUT2D eigenvalue weighted by Gasteiger charge is -2.26. The molecule has 2 rings (SSSR count). The average Bonchev–Trinajstić information content (AvgIpc) is 2.68. The van der Waals surface area contributed by atoms with Gasteiger partial charge in [0.1, 0.15) is 5.00 Å². The van der Waals surface area contributed by atoms with E-state index in [0.717, 1.165) is 0 Å². The second-order valence-corrected chi connectivity index (χ2v) is 5.28. The van der Waals surface area contributed by atoms with Crippen molar-refractivity contribution < 1.29 is 0 Å². The van der Waals surface area contributed by atoms with Gasteiger partial charge in [0.05, 0.1) is 11.2 Å². The Kier molecular flexibility index (Phi) is 3.06. The molecule has 2 nitrogen and oxygen atoms in total. The van der Waals surface area contributed by atoms with Crippen molar-refractivity contribution in [3.63, 3.8) is 0 Å². The van der Waals surface area contributed by atoms with Crippen LogP contribution in [0.25, 0.3) is 0 Å². The molecular weight excluding hydrogens is 192 g/mol. The lowest BCUT2D eigenvalue weighted by Crippen LogP contribution is -2.28. The van der Waals surface area contributed by atoms with E-state index < -0.39 is 0 Å². The molecule has 0 aliphatic carbocycles. The summed E-state index contributed by atoms with van der Waals surface area (Å²) in [4.78, 5) is 6.95. The van der Waals surface area contributed by atoms with Crippen LogP contribution in [0.2, 0.25) is 0 Å². The average molecular weight is 210 g/mol. The van der Waals surface area contributed by atoms with Gasteiger partial charge in [0.15, 0.2) is 0 Å². The van der Waals surface area contributed by atoms with Gasteiger partial charge in [-0.3, -0.25) is 0 Å². The van der Waals surface area contributed by atoms with Crippen LogP contribution in [0.5, 0.6) is 0 Å². The van der Waals surface area contributed by atoms with Crippen LogP contribution >= 0.6 is 11.3 Å². The Morgan fingerprint density at radius 2 is 2.00 bits per heavy atom. The molecule has 1 saturated heterocycles. The molecular formula is C11H18N2S. The number of rotatable bonds is 2. The minimum absolute atomic E-state index is 0.568. The molecule has 0 saturated carbocycles. The van der Waals surface area contributed by atoms with Crippen molar-refractivity contribution in [3.05, 3.63) is 11.2 Å². The maximum atomic E-state index is 4.47. The minimum atomic E-state index is 0.568. The van der Waals surface area contributed by atoms with Gasteiger partial charge in [-0.15, -0.1) is 11.3 Å². The van der Waals surface area contributed by atoms with Crippen molar-refractivity contribution in [2.24, 2.45) is 0 Å². The van der Waals surface area contributed by atoms with E-state index in [4.69, 9.17) is 0 Å². The van der Waals surface area contributed by atoms with Crippen molar-refractivity contribution in [2.45, 2.75) is 39.0 Å². The molecule has 1 fully saturated rings. The van der Waals surface area contributed by atoms with Crippen molar-refractivity contribution in [1.29, 1.82) is 0 Å². The van der Waals surface area contributed by atoms with Crippen LogP contribution in [-0.4, -0.2) is 18.1 Å². The molecule has 0 bridgehead atoms. The number of piperidine rings is 1. The van der Waals surface area contributed by atoms with E-state index in [1.165, 1.54) is 42.4 Å². The SMILES string of the molecule is CC(C)c1ncc(N2CCCCC2)s1. The van der Waals surface area contributed by atoms with Gasteiger partial charge in [-0.1, -0.05) is 13.8 Å². The van der Waals surface area contributed by atoms with Crippen molar-refractivity contribution in [1.82, 2.24) is 4.98 Å². The van der Waals surface area contributed by atoms with Crippen molar-refractivity contribution in [2.75, 3.05) is 18.0 Å². The van der Waals surface area contributed by atoms with Gasteiger partial charge >= 0.3 is 0 Å². The fourth-order valence-corrected chi connectivity index (χ4v) is 2.78. The first-order chi connectivity index (χ1) is 6.77. The highest BCUT2D eigenvalue weighted by Crippen LogP contribution is 2.29. The summed E-state index contributed by atoms with van der Waals surface area (Å²) in [7, 11) is 0. The lowest BCUT2D eigenvalue weighted by atomic mass is 10.1. The monoisotopic (exact) mass is 210 g/mol. The first-order valence-corrected chi connectivity index (χ1v) is 6.29. The molecule has 78 valence electrons. The summed E-state index contributed by atoms with van der Waals surface area (Å²) in [6.45, 7) is 6.86. The smallest absolute Gasteiger partial charge is 0.111 e. The molecule has 14 heavy (non-hydrogen) atoms. The molecule has 1 aliphatic rings. The number of anilines is 1. The quantitative estimate of drug-likeness (QED) is 0.745. The number of hydrogen-bond donors (Lipinski definition) is 0. The maximum Gasteiger partial charge on any atom is 0.111 e. The van der Waals surface area contributed by atoms with E-state index in [-0.39, 0.29) is 0 Å². The lowest BCUT2D eigenvalue weighted by molar-refractivity contribution is 0.580. The summed E-state index contributed by atoms with van der Waals surface area (Å²) in [5, 5.41) is 2.64. The standard InChI is InChI=1S/C11H18N2S/c1-9(2)11-12-8-10(14-11)13-6-4-3-5-7-13/h8-9H,3-7H2,1-2H3. The van der Waals surface area contributed by atoms with E-state index in [9.17, 15) is 0 Å². The number of thiazole rings is 1. The summed E-state index contributed by atoms with van der Waals surface area (Å²) in [5.74, 6) is 0.568. The fraction of sp³-hybridized carbons (Fsp3) is 0.727. The molecule has 1 aromatic heterocycles. The third-order valence-corrected chi connectivity index (χ3v) is 4.03. The van der Waals surface area contributed by atoms with Crippen LogP contribution in [0.15, 0.2) is 6.20 Å². The zero-order valence-corrected chi connectivity index (χ0v) is 9.81. The zero-order chi connectivity index (χ0) is 9.97. The first kappa shape index (κ1) is 9.97. The number of aromatic nitrogens is 1. The number of nitrogens with zero attached hydrogens (tertiary/aromatic N) is 2. The molecule has 0 amide bonds. The summed E-state index contributed by atoms with van der Waals surface area (Å²) >= 11 is 1.86. The van der Waals surface area contributed by atoms with Crippen LogP contribution in [0, 0.1) is 0 Å². The Morgan fingerprint density at radius 3 is 2.57 bits per heavy atom. The Labute approximate surface area is 90.0 Å². The summed E-state index contributed by atoms with van der Waals surface area (Å²) in [6, 6.07) is 0. The zero-order valence-electron chi connectivity index (χ0n) is 8.99. The van der Waals surface area contributed by atoms with Crippen LogP contribution in [0.3, 0.4) is 0 Å². The predicted molar refractivity (Wildman–Crippen MR) is 62.3 cm³/mol. The van der Waals surface area contributed by atoms with Gasteiger partial charge in [-0.25, -0.2) is 4.98 Å². The van der Waals surface area contributed by atoms with Gasteiger partial charge in [-0.2, -0.15) is 0 Å². The Balaban J connectivity index is 2.07. The molecule has 0 radical (unpaired) electrons. The molecule has 3 heteroatoms. The molecule has 0 N–H and O–H groups in total. The fourth-order valence-electron chi connectivity index (χ4n) is 1.81. The molecule has 0 atom stereocenters. The predicted octanol–water partition coefficient (Wildman–Crippen LogP) is 3.26. The van der Waals surface area contributed by atoms with Crippen molar-refractivity contribution >= 4 is 16.3 Å². The summed E-state index contributed by atoms with van der Waals surface area (Å²) in [5.41, 5.74) is 0. The van der Waals surface area contributed by atoms with Gasteiger partial charge in [-0.05, 0) is 19.3 Å². The van der Waals surface area contributed by atoms with E-state index in [2.05, 4.69) is 23.7 Å². The normalized spacial score (nSPS) is 17.8. The third kappa shape index (κ3) is 2.08. The Hall–Kier alpha value is -0.570. The highest BCUT2D eigenvalue weighted by Gasteiger charge is 2.14. The van der Waals surface area contributed by atoms with Gasteiger partial charge in [0, 0.05) is 19.0 Å². The first-order valence-electron chi connectivity index (χ1n) is 5.48. The highest BCUT2D eigenvalue weighted by atomic mass is 32.1. The summed E-state index contributed by atoms with van der Waals surface area (Å²) in [6.07, 6.45) is 6.13. The number of hydrogen-bond acceptors (Lipinski definition) is 3. The largest absolute Gasteiger partial charge is 0.362 e. The second-order valence-electron chi connectivity index (χ2n) is 4.24. The highest BCUT2D eigenvalue weighted by molar-refractivity contribution is 7.15. The van der Waals surface area contributed by atoms with Crippen molar-refractivity contribution in [3.8, 4) is 0 Å². The van der Waals surface area contributed by atoms with E-state index in [1.54, 1.807) is 0 Å². The summed E-state index contributed by atoms with van der Waals surface area (Å²) < 4.78 is 0. The molecule has 0 spiro atoms. The van der Waals surface area contributed by atoms with Gasteiger partial charge in [0.2, 0.25) is 0 Å². The van der Waals surface area contributed by atoms with Crippen LogP contribution < -0.4 is 4.90 Å². The van der Waals surface area contributed by atoms with Crippen LogP contribution in [0.1, 0.15) is 44.0 Å². The molecule has 1 aromatic rings. The van der Waals surface area contributed by atoms with Gasteiger partial charge < -0.3 is 4.90 Å².